The van der Waals surface area contributed by atoms with Crippen LogP contribution < -0.4 is 9.47 Å². The fourth-order valence-corrected chi connectivity index (χ4v) is 2.52. The Morgan fingerprint density at radius 2 is 1.21 bits per heavy atom. The normalized spacial score (nSPS) is 10.2. The van der Waals surface area contributed by atoms with Gasteiger partial charge in [0.05, 0.1) is 0 Å². The van der Waals surface area contributed by atoms with Gasteiger partial charge in [0, 0.05) is 16.7 Å². The van der Waals surface area contributed by atoms with Gasteiger partial charge in [0.1, 0.15) is 11.5 Å². The van der Waals surface area contributed by atoms with E-state index in [-0.39, 0.29) is 18.2 Å². The SMILES string of the molecule is CC(=O)c1ccc(OCC(=O)Oc2ccc(C(=O)c3ccccc3)cc2)cc1. The van der Waals surface area contributed by atoms with Crippen molar-refractivity contribution < 1.29 is 23.9 Å². The summed E-state index contributed by atoms with van der Waals surface area (Å²) >= 11 is 0. The van der Waals surface area contributed by atoms with E-state index in [1.165, 1.54) is 6.92 Å². The summed E-state index contributed by atoms with van der Waals surface area (Å²) in [4.78, 5) is 35.5. The molecule has 0 saturated heterocycles. The molecule has 0 spiro atoms. The lowest BCUT2D eigenvalue weighted by molar-refractivity contribution is -0.136. The van der Waals surface area contributed by atoms with Crippen molar-refractivity contribution in [3.8, 4) is 11.5 Å². The highest BCUT2D eigenvalue weighted by molar-refractivity contribution is 6.09. The monoisotopic (exact) mass is 374 g/mol. The van der Waals surface area contributed by atoms with Gasteiger partial charge in [-0.3, -0.25) is 9.59 Å². The largest absolute Gasteiger partial charge is 0.482 e. The lowest BCUT2D eigenvalue weighted by Crippen LogP contribution is -2.17. The lowest BCUT2D eigenvalue weighted by atomic mass is 10.0. The number of carbonyl (C=O) groups is 3. The van der Waals surface area contributed by atoms with Gasteiger partial charge < -0.3 is 9.47 Å². The Kier molecular flexibility index (Phi) is 5.97. The highest BCUT2D eigenvalue weighted by Gasteiger charge is 2.10. The first-order valence-electron chi connectivity index (χ1n) is 8.67. The third-order valence-corrected chi connectivity index (χ3v) is 4.00. The van der Waals surface area contributed by atoms with Crippen LogP contribution in [-0.2, 0) is 4.79 Å². The van der Waals surface area contributed by atoms with Gasteiger partial charge in [-0.25, -0.2) is 4.79 Å². The Morgan fingerprint density at radius 3 is 1.82 bits per heavy atom. The van der Waals surface area contributed by atoms with Crippen molar-refractivity contribution in [2.75, 3.05) is 6.61 Å². The molecule has 0 heterocycles. The number of hydrogen-bond acceptors (Lipinski definition) is 5. The van der Waals surface area contributed by atoms with Crippen LogP contribution in [0.2, 0.25) is 0 Å². The molecule has 3 aromatic carbocycles. The molecule has 0 aliphatic heterocycles. The second kappa shape index (κ2) is 8.77. The van der Waals surface area contributed by atoms with Crippen LogP contribution in [0.1, 0.15) is 33.2 Å². The molecule has 0 aliphatic rings. The molecule has 5 nitrogen and oxygen atoms in total. The molecule has 0 aromatic heterocycles. The Hall–Kier alpha value is -3.73. The summed E-state index contributed by atoms with van der Waals surface area (Å²) in [6, 6.07) is 21.8. The van der Waals surface area contributed by atoms with Crippen LogP contribution in [0.15, 0.2) is 78.9 Å². The van der Waals surface area contributed by atoms with Gasteiger partial charge in [0.2, 0.25) is 0 Å². The van der Waals surface area contributed by atoms with Gasteiger partial charge in [0.15, 0.2) is 18.2 Å². The minimum atomic E-state index is -0.571. The maximum absolute atomic E-state index is 12.4. The van der Waals surface area contributed by atoms with Gasteiger partial charge in [-0.05, 0) is 55.5 Å². The van der Waals surface area contributed by atoms with Crippen LogP contribution in [0, 0.1) is 0 Å². The third kappa shape index (κ3) is 4.92. The maximum atomic E-state index is 12.4. The molecule has 0 amide bonds. The van der Waals surface area contributed by atoms with Crippen molar-refractivity contribution in [3.63, 3.8) is 0 Å². The summed E-state index contributed by atoms with van der Waals surface area (Å²) < 4.78 is 10.6. The average molecular weight is 374 g/mol. The van der Waals surface area contributed by atoms with E-state index in [0.29, 0.717) is 28.2 Å². The molecule has 0 saturated carbocycles. The van der Waals surface area contributed by atoms with Crippen LogP contribution in [0.5, 0.6) is 11.5 Å². The Balaban J connectivity index is 1.54. The summed E-state index contributed by atoms with van der Waals surface area (Å²) in [6.07, 6.45) is 0. The molecular formula is C23H18O5. The number of rotatable bonds is 7. The molecule has 3 aromatic rings. The Morgan fingerprint density at radius 1 is 0.679 bits per heavy atom. The smallest absolute Gasteiger partial charge is 0.349 e. The van der Waals surface area contributed by atoms with E-state index in [4.69, 9.17) is 9.47 Å². The van der Waals surface area contributed by atoms with Gasteiger partial charge in [-0.15, -0.1) is 0 Å². The quantitative estimate of drug-likeness (QED) is 0.354. The number of esters is 1. The number of benzene rings is 3. The van der Waals surface area contributed by atoms with Crippen LogP contribution in [0.3, 0.4) is 0 Å². The van der Waals surface area contributed by atoms with E-state index in [2.05, 4.69) is 0 Å². The van der Waals surface area contributed by atoms with Crippen molar-refractivity contribution >= 4 is 17.5 Å². The van der Waals surface area contributed by atoms with Crippen LogP contribution in [0.25, 0.3) is 0 Å². The first kappa shape index (κ1) is 19.0. The van der Waals surface area contributed by atoms with E-state index in [1.54, 1.807) is 72.8 Å². The van der Waals surface area contributed by atoms with Gasteiger partial charge in [-0.1, -0.05) is 30.3 Å². The summed E-state index contributed by atoms with van der Waals surface area (Å²) in [5, 5.41) is 0. The van der Waals surface area contributed by atoms with Crippen LogP contribution in [0.4, 0.5) is 0 Å². The van der Waals surface area contributed by atoms with Gasteiger partial charge in [0.25, 0.3) is 0 Å². The zero-order chi connectivity index (χ0) is 19.9. The van der Waals surface area contributed by atoms with E-state index in [0.717, 1.165) is 0 Å². The fraction of sp³-hybridized carbons (Fsp3) is 0.0870. The molecule has 140 valence electrons. The molecule has 0 atom stereocenters. The molecular weight excluding hydrogens is 356 g/mol. The molecule has 28 heavy (non-hydrogen) atoms. The minimum absolute atomic E-state index is 0.0415. The standard InChI is InChI=1S/C23H18O5/c1-16(24)17-7-11-20(12-8-17)27-15-22(25)28-21-13-9-19(10-14-21)23(26)18-5-3-2-4-6-18/h2-14H,15H2,1H3. The zero-order valence-electron chi connectivity index (χ0n) is 15.3. The molecule has 0 fully saturated rings. The minimum Gasteiger partial charge on any atom is -0.482 e. The van der Waals surface area contributed by atoms with Crippen LogP contribution in [-0.4, -0.2) is 24.1 Å². The predicted octanol–water partition coefficient (Wildman–Crippen LogP) is 4.10. The second-order valence-electron chi connectivity index (χ2n) is 6.06. The predicted molar refractivity (Wildman–Crippen MR) is 104 cm³/mol. The van der Waals surface area contributed by atoms with Crippen molar-refractivity contribution in [3.05, 3.63) is 95.6 Å². The number of hydrogen-bond donors (Lipinski definition) is 0. The molecule has 0 aliphatic carbocycles. The Bertz CT molecular complexity index is 974. The fourth-order valence-electron chi connectivity index (χ4n) is 2.52. The van der Waals surface area contributed by atoms with Crippen molar-refractivity contribution in [2.24, 2.45) is 0 Å². The highest BCUT2D eigenvalue weighted by Crippen LogP contribution is 2.16. The van der Waals surface area contributed by atoms with Crippen LogP contribution >= 0.6 is 0 Å². The maximum Gasteiger partial charge on any atom is 0.349 e. The summed E-state index contributed by atoms with van der Waals surface area (Å²) in [6.45, 7) is 1.20. The van der Waals surface area contributed by atoms with E-state index < -0.39 is 5.97 Å². The number of ether oxygens (including phenoxy) is 2. The van der Waals surface area contributed by atoms with Gasteiger partial charge >= 0.3 is 5.97 Å². The first-order chi connectivity index (χ1) is 13.5. The molecule has 5 heteroatoms. The summed E-state index contributed by atoms with van der Waals surface area (Å²) in [7, 11) is 0. The number of carbonyl (C=O) groups excluding carboxylic acids is 3. The Labute approximate surface area is 162 Å². The lowest BCUT2D eigenvalue weighted by Gasteiger charge is -2.08. The molecule has 0 bridgehead atoms. The second-order valence-corrected chi connectivity index (χ2v) is 6.06. The number of Topliss-reactive ketones (excluding diaryl/α,β-unsaturated/α-hetero) is 1. The summed E-state index contributed by atoms with van der Waals surface area (Å²) in [5.74, 6) is 0.0737. The van der Waals surface area contributed by atoms with Crippen molar-refractivity contribution in [1.29, 1.82) is 0 Å². The highest BCUT2D eigenvalue weighted by atomic mass is 16.6. The first-order valence-corrected chi connectivity index (χ1v) is 8.67. The van der Waals surface area contributed by atoms with E-state index in [9.17, 15) is 14.4 Å². The average Bonchev–Trinajstić information content (AvgIpc) is 2.73. The van der Waals surface area contributed by atoms with Crippen molar-refractivity contribution in [2.45, 2.75) is 6.92 Å². The molecule has 0 N–H and O–H groups in total. The van der Waals surface area contributed by atoms with E-state index >= 15 is 0 Å². The molecule has 0 unspecified atom stereocenters. The number of ketones is 2. The molecule has 0 radical (unpaired) electrons. The molecule has 3 rings (SSSR count). The topological polar surface area (TPSA) is 69.7 Å². The van der Waals surface area contributed by atoms with Crippen molar-refractivity contribution in [1.82, 2.24) is 0 Å². The summed E-state index contributed by atoms with van der Waals surface area (Å²) in [5.41, 5.74) is 1.67. The zero-order valence-corrected chi connectivity index (χ0v) is 15.3. The van der Waals surface area contributed by atoms with Gasteiger partial charge in [-0.2, -0.15) is 0 Å². The third-order valence-electron chi connectivity index (χ3n) is 4.00. The van der Waals surface area contributed by atoms with E-state index in [1.807, 2.05) is 6.07 Å².